The van der Waals surface area contributed by atoms with Gasteiger partial charge < -0.3 is 19.3 Å². The van der Waals surface area contributed by atoms with Crippen LogP contribution in [-0.4, -0.2) is 40.9 Å². The first-order chi connectivity index (χ1) is 18.3. The van der Waals surface area contributed by atoms with E-state index in [0.717, 1.165) is 23.4 Å². The molecule has 0 spiro atoms. The van der Waals surface area contributed by atoms with Crippen molar-refractivity contribution in [2.75, 3.05) is 22.9 Å². The molecule has 1 saturated carbocycles. The number of hydrogen-bond donors (Lipinski definition) is 1. The van der Waals surface area contributed by atoms with E-state index in [0.29, 0.717) is 37.9 Å². The number of carboxylic acids is 1. The fourth-order valence-electron chi connectivity index (χ4n) is 5.36. The number of fused-ring (bicyclic) bond motifs is 2. The van der Waals surface area contributed by atoms with E-state index >= 15 is 8.78 Å². The number of nitrogens with zero attached hydrogens (tertiary/aromatic N) is 4. The van der Waals surface area contributed by atoms with Crippen LogP contribution in [0.5, 0.6) is 0 Å². The zero-order valence-electron chi connectivity index (χ0n) is 20.1. The molecule has 0 radical (unpaired) electrons. The highest BCUT2D eigenvalue weighted by molar-refractivity contribution is 5.94. The SMILES string of the molecule is N#CC1CN(c2ccc3c(c2)CCCN(c2c(F)cc4c(=O)c(C(=O)O)cn(C5CC5)c4c2F)C3)C(=O)O1. The lowest BCUT2D eigenvalue weighted by Gasteiger charge is -2.26. The van der Waals surface area contributed by atoms with E-state index in [4.69, 9.17) is 10.00 Å². The number of carbonyl (C=O) groups excluding carboxylic acids is 1. The maximum absolute atomic E-state index is 16.1. The van der Waals surface area contributed by atoms with Crippen molar-refractivity contribution < 1.29 is 28.2 Å². The number of benzene rings is 2. The normalized spacial score (nSPS) is 19.2. The largest absolute Gasteiger partial charge is 0.477 e. The predicted molar refractivity (Wildman–Crippen MR) is 132 cm³/mol. The number of anilines is 2. The lowest BCUT2D eigenvalue weighted by Crippen LogP contribution is -2.27. The zero-order valence-corrected chi connectivity index (χ0v) is 20.1. The van der Waals surface area contributed by atoms with Gasteiger partial charge in [0.25, 0.3) is 0 Å². The van der Waals surface area contributed by atoms with Gasteiger partial charge in [-0.1, -0.05) is 6.07 Å². The van der Waals surface area contributed by atoms with Crippen LogP contribution in [0.2, 0.25) is 0 Å². The highest BCUT2D eigenvalue weighted by atomic mass is 19.1. The summed E-state index contributed by atoms with van der Waals surface area (Å²) in [6.07, 6.45) is 2.33. The summed E-state index contributed by atoms with van der Waals surface area (Å²) in [4.78, 5) is 39.5. The van der Waals surface area contributed by atoms with Gasteiger partial charge in [-0.3, -0.25) is 9.69 Å². The van der Waals surface area contributed by atoms with Crippen LogP contribution in [0.4, 0.5) is 25.0 Å². The molecule has 1 N–H and O–H groups in total. The maximum Gasteiger partial charge on any atom is 0.415 e. The maximum atomic E-state index is 16.1. The summed E-state index contributed by atoms with van der Waals surface area (Å²) in [5, 5.41) is 18.2. The molecule has 1 aliphatic carbocycles. The van der Waals surface area contributed by atoms with Gasteiger partial charge >= 0.3 is 12.1 Å². The molecule has 2 aromatic carbocycles. The number of rotatable bonds is 4. The van der Waals surface area contributed by atoms with Crippen molar-refractivity contribution in [3.05, 3.63) is 69.0 Å². The van der Waals surface area contributed by atoms with E-state index in [1.54, 1.807) is 17.0 Å². The van der Waals surface area contributed by atoms with E-state index in [2.05, 4.69) is 0 Å². The molecule has 2 aliphatic heterocycles. The van der Waals surface area contributed by atoms with Gasteiger partial charge in [0, 0.05) is 31.0 Å². The van der Waals surface area contributed by atoms with Gasteiger partial charge in [0.05, 0.1) is 17.4 Å². The highest BCUT2D eigenvalue weighted by Crippen LogP contribution is 2.40. The third kappa shape index (κ3) is 3.84. The van der Waals surface area contributed by atoms with Crippen molar-refractivity contribution >= 4 is 34.3 Å². The van der Waals surface area contributed by atoms with Crippen LogP contribution in [0.1, 0.15) is 46.8 Å². The molecule has 1 aromatic heterocycles. The molecule has 194 valence electrons. The third-order valence-electron chi connectivity index (χ3n) is 7.36. The molecule has 1 saturated heterocycles. The molecule has 2 fully saturated rings. The molecule has 0 bridgehead atoms. The smallest absolute Gasteiger partial charge is 0.415 e. The summed E-state index contributed by atoms with van der Waals surface area (Å²) in [5.41, 5.74) is 0.562. The number of aryl methyl sites for hydroxylation is 1. The molecule has 1 unspecified atom stereocenters. The quantitative estimate of drug-likeness (QED) is 0.550. The molecule has 1 atom stereocenters. The second kappa shape index (κ2) is 8.83. The number of aromatic nitrogens is 1. The minimum Gasteiger partial charge on any atom is -0.477 e. The van der Waals surface area contributed by atoms with Crippen molar-refractivity contribution in [2.24, 2.45) is 0 Å². The summed E-state index contributed by atoms with van der Waals surface area (Å²) >= 11 is 0. The van der Waals surface area contributed by atoms with Gasteiger partial charge in [-0.05, 0) is 55.0 Å². The summed E-state index contributed by atoms with van der Waals surface area (Å²) in [7, 11) is 0. The summed E-state index contributed by atoms with van der Waals surface area (Å²) in [6.45, 7) is 0.660. The first-order valence-electron chi connectivity index (χ1n) is 12.3. The molecule has 3 heterocycles. The lowest BCUT2D eigenvalue weighted by atomic mass is 10.0. The summed E-state index contributed by atoms with van der Waals surface area (Å²) < 4.78 is 38.0. The van der Waals surface area contributed by atoms with E-state index in [9.17, 15) is 19.5 Å². The number of cyclic esters (lactones) is 1. The molecular weight excluding hydrogens is 498 g/mol. The number of halogens is 2. The van der Waals surface area contributed by atoms with Gasteiger partial charge in [0.1, 0.15) is 23.1 Å². The second-order valence-electron chi connectivity index (χ2n) is 9.82. The van der Waals surface area contributed by atoms with Gasteiger partial charge in [-0.2, -0.15) is 5.26 Å². The predicted octanol–water partition coefficient (Wildman–Crippen LogP) is 4.11. The topological polar surface area (TPSA) is 116 Å². The second-order valence-corrected chi connectivity index (χ2v) is 9.82. The van der Waals surface area contributed by atoms with E-state index in [-0.39, 0.29) is 35.7 Å². The molecular formula is C27H22F2N4O5. The number of ether oxygens (including phenoxy) is 1. The molecule has 6 rings (SSSR count). The van der Waals surface area contributed by atoms with Crippen molar-refractivity contribution in [1.29, 1.82) is 5.26 Å². The Morgan fingerprint density at radius 1 is 1.16 bits per heavy atom. The number of carboxylic acid groups (broad SMARTS) is 1. The number of pyridine rings is 1. The van der Waals surface area contributed by atoms with Gasteiger partial charge in [0.2, 0.25) is 11.5 Å². The molecule has 1 amide bonds. The Labute approximate surface area is 215 Å². The fourth-order valence-corrected chi connectivity index (χ4v) is 5.36. The van der Waals surface area contributed by atoms with Gasteiger partial charge in [-0.25, -0.2) is 18.4 Å². The van der Waals surface area contributed by atoms with E-state index in [1.165, 1.54) is 9.47 Å². The average Bonchev–Trinajstić information content (AvgIpc) is 3.68. The van der Waals surface area contributed by atoms with Gasteiger partial charge in [-0.15, -0.1) is 0 Å². The first-order valence-corrected chi connectivity index (χ1v) is 12.3. The van der Waals surface area contributed by atoms with E-state index in [1.807, 2.05) is 12.1 Å². The molecule has 3 aromatic rings. The average molecular weight is 520 g/mol. The minimum absolute atomic E-state index is 0.0849. The lowest BCUT2D eigenvalue weighted by molar-refractivity contribution is 0.0694. The Morgan fingerprint density at radius 2 is 1.95 bits per heavy atom. The zero-order chi connectivity index (χ0) is 26.7. The first kappa shape index (κ1) is 23.9. The Morgan fingerprint density at radius 3 is 2.63 bits per heavy atom. The van der Waals surface area contributed by atoms with Gasteiger partial charge in [0.15, 0.2) is 5.82 Å². The summed E-state index contributed by atoms with van der Waals surface area (Å²) in [6, 6.07) is 8.08. The minimum atomic E-state index is -1.44. The van der Waals surface area contributed by atoms with Crippen LogP contribution in [0.3, 0.4) is 0 Å². The van der Waals surface area contributed by atoms with Crippen LogP contribution in [-0.2, 0) is 17.7 Å². The van der Waals surface area contributed by atoms with Crippen LogP contribution in [0.15, 0.2) is 35.3 Å². The Balaban J connectivity index is 1.40. The summed E-state index contributed by atoms with van der Waals surface area (Å²) in [5.74, 6) is -3.26. The standard InChI is InChI=1S/C27H22F2N4O5/c28-21-9-19-23(32(16-5-6-16)13-20(25(19)34)26(35)36)22(29)24(21)31-7-1-2-14-8-17(4-3-15(14)11-31)33-12-18(10-30)38-27(33)37/h3-4,8-9,13,16,18H,1-2,5-7,11-12H2,(H,35,36). The number of hydrogen-bond acceptors (Lipinski definition) is 6. The van der Waals surface area contributed by atoms with Crippen molar-refractivity contribution in [1.82, 2.24) is 4.57 Å². The monoisotopic (exact) mass is 520 g/mol. The van der Waals surface area contributed by atoms with E-state index < -0.39 is 40.8 Å². The van der Waals surface area contributed by atoms with Crippen LogP contribution in [0.25, 0.3) is 10.9 Å². The highest BCUT2D eigenvalue weighted by Gasteiger charge is 2.34. The molecule has 38 heavy (non-hydrogen) atoms. The Bertz CT molecular complexity index is 1620. The number of amides is 1. The number of aromatic carboxylic acids is 1. The number of nitriles is 1. The van der Waals surface area contributed by atoms with Crippen LogP contribution >= 0.6 is 0 Å². The molecule has 11 heteroatoms. The Hall–Kier alpha value is -4.46. The van der Waals surface area contributed by atoms with Crippen LogP contribution < -0.4 is 15.2 Å². The van der Waals surface area contributed by atoms with Crippen molar-refractivity contribution in [3.8, 4) is 6.07 Å². The Kier molecular flexibility index (Phi) is 5.56. The molecule has 9 nitrogen and oxygen atoms in total. The fraction of sp³-hybridized carbons (Fsp3) is 0.333. The van der Waals surface area contributed by atoms with Crippen LogP contribution in [0, 0.1) is 23.0 Å². The van der Waals surface area contributed by atoms with Crippen molar-refractivity contribution in [2.45, 2.75) is 44.4 Å². The number of carbonyl (C=O) groups is 2. The van der Waals surface area contributed by atoms with Crippen molar-refractivity contribution in [3.63, 3.8) is 0 Å². The molecule has 3 aliphatic rings. The third-order valence-corrected chi connectivity index (χ3v) is 7.36.